The molecule has 1 aliphatic rings. The van der Waals surface area contributed by atoms with E-state index in [2.05, 4.69) is 0 Å². The first-order valence-corrected chi connectivity index (χ1v) is 3.65. The van der Waals surface area contributed by atoms with Gasteiger partial charge in [0, 0.05) is 0 Å². The zero-order chi connectivity index (χ0) is 9.19. The highest BCUT2D eigenvalue weighted by atomic mass is 16.8. The van der Waals surface area contributed by atoms with Gasteiger partial charge in [-0.2, -0.15) is 0 Å². The molecule has 1 atom stereocenters. The summed E-state index contributed by atoms with van der Waals surface area (Å²) in [5, 5.41) is 8.28. The van der Waals surface area contributed by atoms with Gasteiger partial charge in [-0.05, 0) is 13.8 Å². The third-order valence-corrected chi connectivity index (χ3v) is 1.37. The van der Waals surface area contributed by atoms with Crippen molar-refractivity contribution in [3.05, 3.63) is 0 Å². The molecule has 1 N–H and O–H groups in total. The lowest BCUT2D eigenvalue weighted by Gasteiger charge is -2.16. The molecule has 1 fully saturated rings. The quantitative estimate of drug-likeness (QED) is 0.665. The summed E-state index contributed by atoms with van der Waals surface area (Å²) in [6.07, 6.45) is -0.559. The molecule has 0 spiro atoms. The summed E-state index contributed by atoms with van der Waals surface area (Å²) in [7, 11) is 0. The van der Waals surface area contributed by atoms with E-state index in [0.29, 0.717) is 0 Å². The molecule has 0 radical (unpaired) electrons. The summed E-state index contributed by atoms with van der Waals surface area (Å²) in [4.78, 5) is 10.1. The molecule has 12 heavy (non-hydrogen) atoms. The number of carboxylic acids is 1. The Hall–Kier alpha value is -0.650. The topological polar surface area (TPSA) is 65.0 Å². The van der Waals surface area contributed by atoms with Gasteiger partial charge in [0.1, 0.15) is 13.2 Å². The van der Waals surface area contributed by atoms with E-state index in [1.807, 2.05) is 0 Å². The van der Waals surface area contributed by atoms with Crippen LogP contribution in [0.1, 0.15) is 13.8 Å². The molecular formula is C7H12O5. The predicted octanol–water partition coefficient (Wildman–Crippen LogP) is 0.197. The van der Waals surface area contributed by atoms with Crippen LogP contribution in [-0.4, -0.2) is 36.4 Å². The summed E-state index contributed by atoms with van der Waals surface area (Å²) in [6, 6.07) is 0. The molecule has 0 bridgehead atoms. The van der Waals surface area contributed by atoms with E-state index in [1.54, 1.807) is 13.8 Å². The summed E-state index contributed by atoms with van der Waals surface area (Å²) in [5.74, 6) is -1.67. The van der Waals surface area contributed by atoms with Crippen LogP contribution in [0.5, 0.6) is 0 Å². The highest BCUT2D eigenvalue weighted by Gasteiger charge is 2.33. The lowest BCUT2D eigenvalue weighted by atomic mass is 10.4. The standard InChI is InChI=1S/C7H12O5/c1-7(2)11-4-6(12-7)10-3-5(8)9/h6H,3-4H2,1-2H3,(H,8,9). The highest BCUT2D eigenvalue weighted by Crippen LogP contribution is 2.22. The summed E-state index contributed by atoms with van der Waals surface area (Å²) in [6.45, 7) is 3.42. The summed E-state index contributed by atoms with van der Waals surface area (Å²) < 4.78 is 15.2. The van der Waals surface area contributed by atoms with Gasteiger partial charge < -0.3 is 19.3 Å². The van der Waals surface area contributed by atoms with Gasteiger partial charge in [0.05, 0.1) is 0 Å². The molecule has 5 heteroatoms. The van der Waals surface area contributed by atoms with Gasteiger partial charge in [0.15, 0.2) is 12.1 Å². The Morgan fingerprint density at radius 3 is 2.83 bits per heavy atom. The first-order chi connectivity index (χ1) is 5.49. The molecule has 1 aliphatic heterocycles. The van der Waals surface area contributed by atoms with Crippen molar-refractivity contribution in [1.29, 1.82) is 0 Å². The smallest absolute Gasteiger partial charge is 0.329 e. The zero-order valence-corrected chi connectivity index (χ0v) is 7.07. The number of hydrogen-bond donors (Lipinski definition) is 1. The molecule has 0 saturated carbocycles. The van der Waals surface area contributed by atoms with Crippen molar-refractivity contribution in [3.63, 3.8) is 0 Å². The Bertz CT molecular complexity index is 177. The minimum absolute atomic E-state index is 0.278. The molecule has 0 aromatic rings. The molecule has 1 heterocycles. The van der Waals surface area contributed by atoms with Crippen LogP contribution in [0.2, 0.25) is 0 Å². The minimum Gasteiger partial charge on any atom is -0.480 e. The molecule has 0 aromatic heterocycles. The van der Waals surface area contributed by atoms with E-state index in [9.17, 15) is 4.79 Å². The summed E-state index contributed by atoms with van der Waals surface area (Å²) >= 11 is 0. The number of aliphatic carboxylic acids is 1. The Balaban J connectivity index is 2.24. The summed E-state index contributed by atoms with van der Waals surface area (Å²) in [5.41, 5.74) is 0. The minimum atomic E-state index is -1.01. The highest BCUT2D eigenvalue weighted by molar-refractivity contribution is 5.68. The second kappa shape index (κ2) is 3.38. The van der Waals surface area contributed by atoms with Crippen LogP contribution in [0.4, 0.5) is 0 Å². The van der Waals surface area contributed by atoms with Crippen molar-refractivity contribution in [3.8, 4) is 0 Å². The van der Waals surface area contributed by atoms with Gasteiger partial charge in [-0.3, -0.25) is 0 Å². The van der Waals surface area contributed by atoms with E-state index >= 15 is 0 Å². The number of carbonyl (C=O) groups is 1. The molecule has 1 saturated heterocycles. The van der Waals surface area contributed by atoms with Gasteiger partial charge in [-0.25, -0.2) is 4.79 Å². The molecule has 0 aliphatic carbocycles. The van der Waals surface area contributed by atoms with Crippen LogP contribution in [-0.2, 0) is 19.0 Å². The van der Waals surface area contributed by atoms with Gasteiger partial charge in [-0.15, -0.1) is 0 Å². The fourth-order valence-corrected chi connectivity index (χ4v) is 0.900. The Labute approximate surface area is 70.2 Å². The first-order valence-electron chi connectivity index (χ1n) is 3.65. The molecule has 70 valence electrons. The molecule has 1 unspecified atom stereocenters. The average molecular weight is 176 g/mol. The lowest BCUT2D eigenvalue weighted by molar-refractivity contribution is -0.195. The van der Waals surface area contributed by atoms with Gasteiger partial charge in [0.2, 0.25) is 0 Å². The molecule has 0 amide bonds. The van der Waals surface area contributed by atoms with E-state index in [4.69, 9.17) is 19.3 Å². The number of rotatable bonds is 3. The monoisotopic (exact) mass is 176 g/mol. The van der Waals surface area contributed by atoms with Crippen LogP contribution in [0, 0.1) is 0 Å². The maximum Gasteiger partial charge on any atom is 0.329 e. The number of ether oxygens (including phenoxy) is 3. The van der Waals surface area contributed by atoms with E-state index < -0.39 is 18.0 Å². The van der Waals surface area contributed by atoms with Crippen LogP contribution in [0.15, 0.2) is 0 Å². The predicted molar refractivity (Wildman–Crippen MR) is 38.5 cm³/mol. The molecular weight excluding hydrogens is 164 g/mol. The maximum absolute atomic E-state index is 10.1. The Kier molecular flexibility index (Phi) is 2.66. The lowest BCUT2D eigenvalue weighted by Crippen LogP contribution is -2.24. The molecule has 5 nitrogen and oxygen atoms in total. The van der Waals surface area contributed by atoms with Crippen molar-refractivity contribution >= 4 is 5.97 Å². The van der Waals surface area contributed by atoms with Crippen molar-refractivity contribution in [2.24, 2.45) is 0 Å². The van der Waals surface area contributed by atoms with Gasteiger partial charge >= 0.3 is 5.97 Å². The number of carboxylic acid groups (broad SMARTS) is 1. The van der Waals surface area contributed by atoms with Gasteiger partial charge in [0.25, 0.3) is 0 Å². The number of hydrogen-bond acceptors (Lipinski definition) is 4. The Morgan fingerprint density at radius 2 is 2.42 bits per heavy atom. The van der Waals surface area contributed by atoms with Crippen LogP contribution in [0.25, 0.3) is 0 Å². The van der Waals surface area contributed by atoms with E-state index in [-0.39, 0.29) is 13.2 Å². The normalized spacial score (nSPS) is 27.3. The fourth-order valence-electron chi connectivity index (χ4n) is 0.900. The van der Waals surface area contributed by atoms with Crippen molar-refractivity contribution in [1.82, 2.24) is 0 Å². The fraction of sp³-hybridized carbons (Fsp3) is 0.857. The van der Waals surface area contributed by atoms with E-state index in [1.165, 1.54) is 0 Å². The zero-order valence-electron chi connectivity index (χ0n) is 7.07. The first kappa shape index (κ1) is 9.44. The molecule has 0 aromatic carbocycles. The average Bonchev–Trinajstić information content (AvgIpc) is 2.26. The SMILES string of the molecule is CC1(C)OCC(OCC(=O)O)O1. The van der Waals surface area contributed by atoms with Crippen LogP contribution in [0.3, 0.4) is 0 Å². The van der Waals surface area contributed by atoms with E-state index in [0.717, 1.165) is 0 Å². The van der Waals surface area contributed by atoms with Crippen molar-refractivity contribution in [2.75, 3.05) is 13.2 Å². The van der Waals surface area contributed by atoms with Crippen molar-refractivity contribution < 1.29 is 24.1 Å². The Morgan fingerprint density at radius 1 is 1.75 bits per heavy atom. The maximum atomic E-state index is 10.1. The third-order valence-electron chi connectivity index (χ3n) is 1.37. The second-order valence-corrected chi connectivity index (χ2v) is 2.96. The third kappa shape index (κ3) is 2.77. The van der Waals surface area contributed by atoms with Gasteiger partial charge in [-0.1, -0.05) is 0 Å². The van der Waals surface area contributed by atoms with Crippen LogP contribution < -0.4 is 0 Å². The second-order valence-electron chi connectivity index (χ2n) is 2.96. The van der Waals surface area contributed by atoms with Crippen LogP contribution >= 0.6 is 0 Å². The largest absolute Gasteiger partial charge is 0.480 e. The molecule has 1 rings (SSSR count). The van der Waals surface area contributed by atoms with Crippen molar-refractivity contribution in [2.45, 2.75) is 25.9 Å².